The molecule has 1 rings (SSSR count). The highest BCUT2D eigenvalue weighted by Crippen LogP contribution is 2.04. The van der Waals surface area contributed by atoms with Gasteiger partial charge in [0, 0.05) is 6.42 Å². The number of hydrogen-bond acceptors (Lipinski definition) is 4. The number of esters is 1. The maximum absolute atomic E-state index is 11.3. The van der Waals surface area contributed by atoms with Gasteiger partial charge in [0.25, 0.3) is 0 Å². The molecule has 0 spiro atoms. The molecule has 1 aromatic rings. The summed E-state index contributed by atoms with van der Waals surface area (Å²) in [5.74, 6) is -0.555. The Hall–Kier alpha value is -1.84. The Morgan fingerprint density at radius 2 is 2.06 bits per heavy atom. The van der Waals surface area contributed by atoms with Crippen molar-refractivity contribution in [1.29, 1.82) is 0 Å². The van der Waals surface area contributed by atoms with E-state index in [1.54, 1.807) is 6.92 Å². The largest absolute Gasteiger partial charge is 0.461 e. The Labute approximate surface area is 94.5 Å². The number of rotatable bonds is 5. The zero-order valence-corrected chi connectivity index (χ0v) is 9.22. The highest BCUT2D eigenvalue weighted by Gasteiger charge is 2.12. The lowest BCUT2D eigenvalue weighted by Gasteiger charge is -2.04. The molecule has 86 valence electrons. The van der Waals surface area contributed by atoms with Crippen LogP contribution in [0.5, 0.6) is 0 Å². The van der Waals surface area contributed by atoms with E-state index in [1.807, 2.05) is 30.3 Å². The Bertz CT molecular complexity index is 360. The van der Waals surface area contributed by atoms with Gasteiger partial charge in [-0.05, 0) is 18.9 Å². The molecule has 0 aliphatic carbocycles. The van der Waals surface area contributed by atoms with Crippen molar-refractivity contribution in [1.82, 2.24) is 0 Å². The molecule has 0 saturated carbocycles. The predicted molar refractivity (Wildman–Crippen MR) is 60.6 cm³/mol. The van der Waals surface area contributed by atoms with Gasteiger partial charge in [-0.25, -0.2) is 4.79 Å². The van der Waals surface area contributed by atoms with Gasteiger partial charge >= 0.3 is 5.97 Å². The van der Waals surface area contributed by atoms with Gasteiger partial charge in [-0.15, -0.1) is 0 Å². The lowest BCUT2D eigenvalue weighted by atomic mass is 10.1. The normalized spacial score (nSPS) is 11.2. The lowest BCUT2D eigenvalue weighted by molar-refractivity contribution is -0.135. The summed E-state index contributed by atoms with van der Waals surface area (Å²) in [6, 6.07) is 9.70. The number of hydrogen-bond donors (Lipinski definition) is 1. The van der Waals surface area contributed by atoms with E-state index in [4.69, 9.17) is 9.94 Å². The van der Waals surface area contributed by atoms with Crippen LogP contribution >= 0.6 is 0 Å². The highest BCUT2D eigenvalue weighted by molar-refractivity contribution is 6.36. The summed E-state index contributed by atoms with van der Waals surface area (Å²) in [7, 11) is 0. The number of nitrogens with zero attached hydrogens (tertiary/aromatic N) is 1. The fraction of sp³-hybridized carbons (Fsp3) is 0.333. The summed E-state index contributed by atoms with van der Waals surface area (Å²) in [6.45, 7) is 1.99. The minimum atomic E-state index is -0.555. The molecule has 0 aliphatic rings. The van der Waals surface area contributed by atoms with E-state index >= 15 is 0 Å². The van der Waals surface area contributed by atoms with E-state index in [0.717, 1.165) is 5.56 Å². The van der Waals surface area contributed by atoms with Crippen LogP contribution in [0.25, 0.3) is 0 Å². The van der Waals surface area contributed by atoms with Crippen molar-refractivity contribution in [3.63, 3.8) is 0 Å². The third-order valence-corrected chi connectivity index (χ3v) is 2.13. The van der Waals surface area contributed by atoms with Crippen molar-refractivity contribution >= 4 is 11.7 Å². The molecule has 1 aromatic carbocycles. The standard InChI is InChI=1S/C12H15NO3/c1-2-16-12(14)11(13-15)9-8-10-6-4-3-5-7-10/h3-7,15H,2,8-9H2,1H3. The van der Waals surface area contributed by atoms with Gasteiger partial charge in [-0.1, -0.05) is 35.5 Å². The molecule has 0 aromatic heterocycles. The van der Waals surface area contributed by atoms with Crippen molar-refractivity contribution in [3.05, 3.63) is 35.9 Å². The van der Waals surface area contributed by atoms with Gasteiger partial charge < -0.3 is 9.94 Å². The molecule has 1 N–H and O–H groups in total. The Morgan fingerprint density at radius 1 is 1.38 bits per heavy atom. The van der Waals surface area contributed by atoms with Gasteiger partial charge in [0.15, 0.2) is 5.71 Å². The summed E-state index contributed by atoms with van der Waals surface area (Å²) in [5.41, 5.74) is 1.15. The molecule has 0 heterocycles. The zero-order valence-electron chi connectivity index (χ0n) is 9.22. The van der Waals surface area contributed by atoms with Crippen molar-refractivity contribution in [2.75, 3.05) is 6.61 Å². The number of ether oxygens (including phenoxy) is 1. The fourth-order valence-electron chi connectivity index (χ4n) is 1.31. The molecule has 0 atom stereocenters. The average Bonchev–Trinajstić information content (AvgIpc) is 2.31. The van der Waals surface area contributed by atoms with Gasteiger partial charge in [0.1, 0.15) is 0 Å². The molecule has 16 heavy (non-hydrogen) atoms. The molecule has 4 nitrogen and oxygen atoms in total. The molecule has 0 aliphatic heterocycles. The van der Waals surface area contributed by atoms with Crippen LogP contribution in [-0.2, 0) is 16.0 Å². The van der Waals surface area contributed by atoms with Crippen LogP contribution < -0.4 is 0 Å². The molecule has 0 saturated heterocycles. The Kier molecular flexibility index (Phi) is 5.05. The van der Waals surface area contributed by atoms with E-state index in [-0.39, 0.29) is 12.3 Å². The van der Waals surface area contributed by atoms with Gasteiger partial charge in [0.05, 0.1) is 6.61 Å². The summed E-state index contributed by atoms with van der Waals surface area (Å²) in [5, 5.41) is 11.7. The maximum Gasteiger partial charge on any atom is 0.356 e. The molecular formula is C12H15NO3. The van der Waals surface area contributed by atoms with E-state index in [1.165, 1.54) is 0 Å². The first-order valence-electron chi connectivity index (χ1n) is 5.20. The fourth-order valence-corrected chi connectivity index (χ4v) is 1.31. The number of benzene rings is 1. The number of carbonyl (C=O) groups excluding carboxylic acids is 1. The molecular weight excluding hydrogens is 206 g/mol. The van der Waals surface area contributed by atoms with Crippen molar-refractivity contribution in [2.45, 2.75) is 19.8 Å². The van der Waals surface area contributed by atoms with Gasteiger partial charge in [0.2, 0.25) is 0 Å². The van der Waals surface area contributed by atoms with Crippen molar-refractivity contribution in [2.24, 2.45) is 5.16 Å². The first kappa shape index (κ1) is 12.2. The summed E-state index contributed by atoms with van der Waals surface area (Å²) < 4.78 is 4.75. The van der Waals surface area contributed by atoms with Gasteiger partial charge in [-0.2, -0.15) is 0 Å². The van der Waals surface area contributed by atoms with E-state index in [0.29, 0.717) is 12.8 Å². The third-order valence-electron chi connectivity index (χ3n) is 2.13. The topological polar surface area (TPSA) is 58.9 Å². The van der Waals surface area contributed by atoms with Crippen LogP contribution in [0.2, 0.25) is 0 Å². The minimum Gasteiger partial charge on any atom is -0.461 e. The average molecular weight is 221 g/mol. The SMILES string of the molecule is CCOC(=O)C(CCc1ccccc1)=NO. The minimum absolute atomic E-state index is 0.0608. The monoisotopic (exact) mass is 221 g/mol. The van der Waals surface area contributed by atoms with Gasteiger partial charge in [-0.3, -0.25) is 0 Å². The zero-order chi connectivity index (χ0) is 11.8. The smallest absolute Gasteiger partial charge is 0.356 e. The van der Waals surface area contributed by atoms with Crippen LogP contribution in [0.15, 0.2) is 35.5 Å². The van der Waals surface area contributed by atoms with E-state index in [9.17, 15) is 4.79 Å². The molecule has 0 amide bonds. The summed E-state index contributed by atoms with van der Waals surface area (Å²) >= 11 is 0. The number of carbonyl (C=O) groups is 1. The van der Waals surface area contributed by atoms with Crippen LogP contribution in [0, 0.1) is 0 Å². The quantitative estimate of drug-likeness (QED) is 0.358. The van der Waals surface area contributed by atoms with Crippen molar-refractivity contribution in [3.8, 4) is 0 Å². The maximum atomic E-state index is 11.3. The predicted octanol–water partition coefficient (Wildman–Crippen LogP) is 2.01. The number of aryl methyl sites for hydroxylation is 1. The van der Waals surface area contributed by atoms with Crippen LogP contribution in [0.4, 0.5) is 0 Å². The molecule has 0 bridgehead atoms. The summed E-state index contributed by atoms with van der Waals surface area (Å²) in [4.78, 5) is 11.3. The molecule has 4 heteroatoms. The Balaban J connectivity index is 2.50. The highest BCUT2D eigenvalue weighted by atomic mass is 16.5. The molecule has 0 radical (unpaired) electrons. The Morgan fingerprint density at radius 3 is 2.62 bits per heavy atom. The first-order chi connectivity index (χ1) is 7.77. The molecule has 0 unspecified atom stereocenters. The second kappa shape index (κ2) is 6.61. The van der Waals surface area contributed by atoms with E-state index < -0.39 is 5.97 Å². The van der Waals surface area contributed by atoms with Crippen molar-refractivity contribution < 1.29 is 14.7 Å². The summed E-state index contributed by atoms with van der Waals surface area (Å²) in [6.07, 6.45) is 1.03. The molecule has 0 fully saturated rings. The number of oxime groups is 1. The van der Waals surface area contributed by atoms with Crippen LogP contribution in [0.3, 0.4) is 0 Å². The first-order valence-corrected chi connectivity index (χ1v) is 5.20. The third kappa shape index (κ3) is 3.73. The van der Waals surface area contributed by atoms with Crippen LogP contribution in [-0.4, -0.2) is 23.5 Å². The second-order valence-electron chi connectivity index (χ2n) is 3.25. The lowest BCUT2D eigenvalue weighted by Crippen LogP contribution is -2.18. The van der Waals surface area contributed by atoms with E-state index in [2.05, 4.69) is 5.16 Å². The van der Waals surface area contributed by atoms with Crippen LogP contribution in [0.1, 0.15) is 18.9 Å². The second-order valence-corrected chi connectivity index (χ2v) is 3.25.